The summed E-state index contributed by atoms with van der Waals surface area (Å²) in [6.07, 6.45) is 0. The summed E-state index contributed by atoms with van der Waals surface area (Å²) in [7, 11) is 0. The molecule has 0 amide bonds. The normalized spacial score (nSPS) is 23.8. The average molecular weight is 185 g/mol. The Bertz CT molecular complexity index is 137. The molecule has 0 radical (unpaired) electrons. The summed E-state index contributed by atoms with van der Waals surface area (Å²) < 4.78 is 0. The molecule has 3 nitrogen and oxygen atoms in total. The highest BCUT2D eigenvalue weighted by Crippen LogP contribution is 2.05. The lowest BCUT2D eigenvalue weighted by Gasteiger charge is -2.37. The fourth-order valence-corrected chi connectivity index (χ4v) is 1.87. The van der Waals surface area contributed by atoms with E-state index < -0.39 is 0 Å². The van der Waals surface area contributed by atoms with Crippen LogP contribution in [0.5, 0.6) is 0 Å². The maximum Gasteiger partial charge on any atom is 0.0139 e. The van der Waals surface area contributed by atoms with Crippen molar-refractivity contribution in [2.75, 3.05) is 32.7 Å². The van der Waals surface area contributed by atoms with Gasteiger partial charge in [-0.1, -0.05) is 0 Å². The van der Waals surface area contributed by atoms with Crippen molar-refractivity contribution in [2.24, 2.45) is 5.73 Å². The molecular weight excluding hydrogens is 162 g/mol. The molecule has 0 bridgehead atoms. The van der Waals surface area contributed by atoms with Crippen molar-refractivity contribution >= 4 is 0 Å². The van der Waals surface area contributed by atoms with Gasteiger partial charge >= 0.3 is 0 Å². The molecule has 0 aromatic carbocycles. The van der Waals surface area contributed by atoms with Gasteiger partial charge in [-0.05, 0) is 20.8 Å². The largest absolute Gasteiger partial charge is 0.327 e. The topological polar surface area (TPSA) is 32.5 Å². The van der Waals surface area contributed by atoms with Crippen LogP contribution in [0.2, 0.25) is 0 Å². The minimum Gasteiger partial charge on any atom is -0.327 e. The first-order chi connectivity index (χ1) is 6.09. The van der Waals surface area contributed by atoms with Crippen LogP contribution >= 0.6 is 0 Å². The molecule has 1 rings (SSSR count). The Morgan fingerprint density at radius 3 is 2.00 bits per heavy atom. The highest BCUT2D eigenvalue weighted by molar-refractivity contribution is 4.75. The molecule has 1 heterocycles. The van der Waals surface area contributed by atoms with Crippen LogP contribution in [0.1, 0.15) is 20.8 Å². The van der Waals surface area contributed by atoms with Gasteiger partial charge in [0.25, 0.3) is 0 Å². The minimum absolute atomic E-state index is 0.311. The van der Waals surface area contributed by atoms with E-state index in [-0.39, 0.29) is 0 Å². The zero-order valence-corrected chi connectivity index (χ0v) is 9.16. The summed E-state index contributed by atoms with van der Waals surface area (Å²) in [6.45, 7) is 12.4. The van der Waals surface area contributed by atoms with Crippen LogP contribution in [0.15, 0.2) is 0 Å². The smallest absolute Gasteiger partial charge is 0.0139 e. The Balaban J connectivity index is 2.22. The van der Waals surface area contributed by atoms with Gasteiger partial charge in [-0.3, -0.25) is 9.80 Å². The summed E-state index contributed by atoms with van der Waals surface area (Å²) in [5, 5.41) is 0. The summed E-state index contributed by atoms with van der Waals surface area (Å²) in [5.41, 5.74) is 5.76. The Morgan fingerprint density at radius 2 is 1.62 bits per heavy atom. The van der Waals surface area contributed by atoms with Gasteiger partial charge in [0.15, 0.2) is 0 Å². The molecule has 1 fully saturated rings. The van der Waals surface area contributed by atoms with E-state index in [0.717, 1.165) is 6.54 Å². The van der Waals surface area contributed by atoms with Crippen LogP contribution in [0, 0.1) is 0 Å². The lowest BCUT2D eigenvalue weighted by molar-refractivity contribution is 0.105. The molecule has 1 saturated heterocycles. The molecule has 0 aromatic rings. The second-order valence-corrected chi connectivity index (χ2v) is 4.41. The number of rotatable bonds is 3. The fourth-order valence-electron chi connectivity index (χ4n) is 1.87. The molecule has 1 unspecified atom stereocenters. The molecule has 1 aliphatic heterocycles. The monoisotopic (exact) mass is 185 g/mol. The van der Waals surface area contributed by atoms with Gasteiger partial charge in [0.2, 0.25) is 0 Å². The molecular formula is C10H23N3. The van der Waals surface area contributed by atoms with Gasteiger partial charge < -0.3 is 5.73 Å². The first kappa shape index (κ1) is 11.0. The van der Waals surface area contributed by atoms with Gasteiger partial charge in [0.1, 0.15) is 0 Å². The lowest BCUT2D eigenvalue weighted by atomic mass is 10.2. The Kier molecular flexibility index (Phi) is 4.16. The third-order valence-corrected chi connectivity index (χ3v) is 2.68. The van der Waals surface area contributed by atoms with E-state index in [1.807, 2.05) is 0 Å². The number of hydrogen-bond acceptors (Lipinski definition) is 3. The van der Waals surface area contributed by atoms with Crippen LogP contribution in [0.3, 0.4) is 0 Å². The highest BCUT2D eigenvalue weighted by Gasteiger charge is 2.18. The second-order valence-electron chi connectivity index (χ2n) is 4.41. The number of nitrogens with zero attached hydrogens (tertiary/aromatic N) is 2. The van der Waals surface area contributed by atoms with Crippen molar-refractivity contribution in [3.8, 4) is 0 Å². The van der Waals surface area contributed by atoms with Gasteiger partial charge in [0, 0.05) is 44.8 Å². The van der Waals surface area contributed by atoms with E-state index in [2.05, 4.69) is 30.6 Å². The van der Waals surface area contributed by atoms with E-state index in [0.29, 0.717) is 12.1 Å². The van der Waals surface area contributed by atoms with Crippen molar-refractivity contribution in [2.45, 2.75) is 32.9 Å². The number of nitrogens with two attached hydrogens (primary N) is 1. The molecule has 0 aromatic heterocycles. The van der Waals surface area contributed by atoms with E-state index in [4.69, 9.17) is 5.73 Å². The average Bonchev–Trinajstić information content (AvgIpc) is 2.04. The molecule has 2 N–H and O–H groups in total. The first-order valence-corrected chi connectivity index (χ1v) is 5.31. The highest BCUT2D eigenvalue weighted by atomic mass is 15.3. The van der Waals surface area contributed by atoms with Crippen LogP contribution in [-0.2, 0) is 0 Å². The van der Waals surface area contributed by atoms with Gasteiger partial charge in [-0.25, -0.2) is 0 Å². The van der Waals surface area contributed by atoms with E-state index in [1.165, 1.54) is 26.2 Å². The fraction of sp³-hybridized carbons (Fsp3) is 1.00. The predicted molar refractivity (Wildman–Crippen MR) is 56.8 cm³/mol. The molecule has 3 heteroatoms. The SMILES string of the molecule is CC(N)CN1CCN(C(C)C)CC1. The summed E-state index contributed by atoms with van der Waals surface area (Å²) >= 11 is 0. The molecule has 1 atom stereocenters. The Morgan fingerprint density at radius 1 is 1.08 bits per heavy atom. The predicted octanol–water partition coefficient (Wildman–Crippen LogP) is 0.360. The molecule has 0 saturated carbocycles. The third kappa shape index (κ3) is 3.63. The maximum absolute atomic E-state index is 5.76. The minimum atomic E-state index is 0.311. The van der Waals surface area contributed by atoms with Gasteiger partial charge in [0.05, 0.1) is 0 Å². The van der Waals surface area contributed by atoms with Crippen molar-refractivity contribution in [1.82, 2.24) is 9.80 Å². The summed E-state index contributed by atoms with van der Waals surface area (Å²) in [5.74, 6) is 0. The van der Waals surface area contributed by atoms with Crippen LogP contribution in [0.25, 0.3) is 0 Å². The van der Waals surface area contributed by atoms with Crippen LogP contribution in [0.4, 0.5) is 0 Å². The van der Waals surface area contributed by atoms with Crippen molar-refractivity contribution in [3.63, 3.8) is 0 Å². The molecule has 0 aliphatic carbocycles. The van der Waals surface area contributed by atoms with Gasteiger partial charge in [-0.2, -0.15) is 0 Å². The van der Waals surface area contributed by atoms with Crippen molar-refractivity contribution in [3.05, 3.63) is 0 Å². The Hall–Kier alpha value is -0.120. The summed E-state index contributed by atoms with van der Waals surface area (Å²) in [4.78, 5) is 4.99. The molecule has 0 spiro atoms. The van der Waals surface area contributed by atoms with Crippen molar-refractivity contribution in [1.29, 1.82) is 0 Å². The molecule has 78 valence electrons. The van der Waals surface area contributed by atoms with Gasteiger partial charge in [-0.15, -0.1) is 0 Å². The van der Waals surface area contributed by atoms with Crippen LogP contribution in [-0.4, -0.2) is 54.6 Å². The number of piperazine rings is 1. The van der Waals surface area contributed by atoms with Crippen molar-refractivity contribution < 1.29 is 0 Å². The maximum atomic E-state index is 5.76. The Labute approximate surface area is 81.9 Å². The second kappa shape index (κ2) is 4.94. The third-order valence-electron chi connectivity index (χ3n) is 2.68. The first-order valence-electron chi connectivity index (χ1n) is 5.31. The van der Waals surface area contributed by atoms with E-state index >= 15 is 0 Å². The number of hydrogen-bond donors (Lipinski definition) is 1. The zero-order chi connectivity index (χ0) is 9.84. The van der Waals surface area contributed by atoms with E-state index in [9.17, 15) is 0 Å². The molecule has 13 heavy (non-hydrogen) atoms. The standard InChI is InChI=1S/C10H23N3/c1-9(2)13-6-4-12(5-7-13)8-10(3)11/h9-10H,4-8,11H2,1-3H3. The van der Waals surface area contributed by atoms with E-state index in [1.54, 1.807) is 0 Å². The quantitative estimate of drug-likeness (QED) is 0.689. The molecule has 1 aliphatic rings. The zero-order valence-electron chi connectivity index (χ0n) is 9.16. The summed E-state index contributed by atoms with van der Waals surface area (Å²) in [6, 6.07) is 1.00. The lowest BCUT2D eigenvalue weighted by Crippen LogP contribution is -2.51. The van der Waals surface area contributed by atoms with Crippen LogP contribution < -0.4 is 5.73 Å².